The second-order valence-corrected chi connectivity index (χ2v) is 4.72. The molecule has 0 saturated heterocycles. The minimum atomic E-state index is 0.482. The second kappa shape index (κ2) is 8.25. The van der Waals surface area contributed by atoms with Gasteiger partial charge in [0.1, 0.15) is 5.75 Å². The zero-order chi connectivity index (χ0) is 13.4. The molecule has 0 unspecified atom stereocenters. The first-order valence-electron chi connectivity index (χ1n) is 6.80. The Bertz CT molecular complexity index is 350. The molecular weight excluding hydrogens is 246 g/mol. The molecule has 1 aromatic rings. The largest absolute Gasteiger partial charge is 0.494 e. The van der Waals surface area contributed by atoms with Gasteiger partial charge >= 0.3 is 0 Å². The molecule has 0 aliphatic carbocycles. The normalized spacial score (nSPS) is 10.7. The molecule has 0 saturated carbocycles. The Balaban J connectivity index is 2.67. The maximum Gasteiger partial charge on any atom is 0.123 e. The first kappa shape index (κ1) is 15.2. The second-order valence-electron chi connectivity index (χ2n) is 4.45. The lowest BCUT2D eigenvalue weighted by atomic mass is 10.0. The molecule has 102 valence electrons. The van der Waals surface area contributed by atoms with Gasteiger partial charge in [-0.25, -0.2) is 0 Å². The summed E-state index contributed by atoms with van der Waals surface area (Å²) in [6.07, 6.45) is 2.42. The van der Waals surface area contributed by atoms with E-state index in [9.17, 15) is 0 Å². The van der Waals surface area contributed by atoms with Gasteiger partial charge < -0.3 is 10.1 Å². The number of ether oxygens (including phenoxy) is 1. The van der Waals surface area contributed by atoms with Crippen molar-refractivity contribution in [2.24, 2.45) is 5.92 Å². The van der Waals surface area contributed by atoms with Crippen LogP contribution in [0.2, 0.25) is 0 Å². The molecular formula is C15H24ClNO. The van der Waals surface area contributed by atoms with Crippen LogP contribution in [0.15, 0.2) is 18.2 Å². The molecule has 1 N–H and O–H groups in total. The van der Waals surface area contributed by atoms with Crippen LogP contribution in [0.4, 0.5) is 5.69 Å². The Morgan fingerprint density at radius 1 is 1.22 bits per heavy atom. The van der Waals surface area contributed by atoms with E-state index in [1.54, 1.807) is 0 Å². The van der Waals surface area contributed by atoms with Crippen LogP contribution in [0.3, 0.4) is 0 Å². The quantitative estimate of drug-likeness (QED) is 0.693. The fraction of sp³-hybridized carbons (Fsp3) is 0.600. The van der Waals surface area contributed by atoms with Gasteiger partial charge in [0, 0.05) is 17.8 Å². The Morgan fingerprint density at radius 2 is 1.94 bits per heavy atom. The average molecular weight is 270 g/mol. The Morgan fingerprint density at radius 3 is 2.50 bits per heavy atom. The minimum absolute atomic E-state index is 0.482. The molecule has 0 atom stereocenters. The van der Waals surface area contributed by atoms with E-state index in [1.807, 2.05) is 13.0 Å². The van der Waals surface area contributed by atoms with E-state index in [0.717, 1.165) is 29.5 Å². The summed E-state index contributed by atoms with van der Waals surface area (Å²) >= 11 is 5.95. The molecule has 18 heavy (non-hydrogen) atoms. The van der Waals surface area contributed by atoms with Gasteiger partial charge in [-0.2, -0.15) is 0 Å². The predicted octanol–water partition coefficient (Wildman–Crippen LogP) is 4.67. The molecule has 0 radical (unpaired) electrons. The number of alkyl halides is 1. The number of hydrogen-bond donors (Lipinski definition) is 1. The predicted molar refractivity (Wildman–Crippen MR) is 79.7 cm³/mol. The zero-order valence-electron chi connectivity index (χ0n) is 11.6. The first-order valence-corrected chi connectivity index (χ1v) is 7.34. The van der Waals surface area contributed by atoms with Crippen molar-refractivity contribution >= 4 is 17.3 Å². The van der Waals surface area contributed by atoms with Gasteiger partial charge in [0.2, 0.25) is 0 Å². The third-order valence-corrected chi connectivity index (χ3v) is 3.54. The van der Waals surface area contributed by atoms with Gasteiger partial charge in [-0.15, -0.1) is 11.6 Å². The lowest BCUT2D eigenvalue weighted by Gasteiger charge is -2.16. The summed E-state index contributed by atoms with van der Waals surface area (Å²) < 4.78 is 5.54. The summed E-state index contributed by atoms with van der Waals surface area (Å²) in [6, 6.07) is 6.14. The highest BCUT2D eigenvalue weighted by Gasteiger charge is 2.06. The van der Waals surface area contributed by atoms with Crippen LogP contribution in [0.1, 0.15) is 39.2 Å². The summed E-state index contributed by atoms with van der Waals surface area (Å²) in [6.45, 7) is 8.14. The molecule has 0 fully saturated rings. The monoisotopic (exact) mass is 269 g/mol. The van der Waals surface area contributed by atoms with Gasteiger partial charge in [-0.3, -0.25) is 0 Å². The Kier molecular flexibility index (Phi) is 6.96. The number of benzene rings is 1. The molecule has 3 heteroatoms. The molecule has 1 rings (SSSR count). The van der Waals surface area contributed by atoms with Gasteiger partial charge in [0.25, 0.3) is 0 Å². The van der Waals surface area contributed by atoms with Crippen LogP contribution in [-0.2, 0) is 5.88 Å². The van der Waals surface area contributed by atoms with Crippen LogP contribution in [0, 0.1) is 5.92 Å². The molecule has 0 aromatic heterocycles. The summed E-state index contributed by atoms with van der Waals surface area (Å²) in [4.78, 5) is 0. The van der Waals surface area contributed by atoms with E-state index in [0.29, 0.717) is 12.5 Å². The third-order valence-electron chi connectivity index (χ3n) is 3.25. The fourth-order valence-corrected chi connectivity index (χ4v) is 2.14. The lowest BCUT2D eigenvalue weighted by molar-refractivity contribution is 0.337. The molecule has 0 aliphatic heterocycles. The molecule has 0 bridgehead atoms. The summed E-state index contributed by atoms with van der Waals surface area (Å²) in [7, 11) is 0. The van der Waals surface area contributed by atoms with E-state index >= 15 is 0 Å². The number of anilines is 1. The van der Waals surface area contributed by atoms with Crippen molar-refractivity contribution < 1.29 is 4.74 Å². The summed E-state index contributed by atoms with van der Waals surface area (Å²) in [5, 5.41) is 3.48. The van der Waals surface area contributed by atoms with Gasteiger partial charge in [-0.1, -0.05) is 26.7 Å². The SMILES string of the molecule is CCOc1ccc(NCC(CC)CC)cc1CCl. The maximum atomic E-state index is 5.95. The van der Waals surface area contributed by atoms with E-state index in [1.165, 1.54) is 12.8 Å². The van der Waals surface area contributed by atoms with Crippen molar-refractivity contribution in [3.63, 3.8) is 0 Å². The van der Waals surface area contributed by atoms with E-state index < -0.39 is 0 Å². The van der Waals surface area contributed by atoms with Crippen LogP contribution >= 0.6 is 11.6 Å². The number of nitrogens with one attached hydrogen (secondary N) is 1. The molecule has 0 heterocycles. The van der Waals surface area contributed by atoms with Crippen molar-refractivity contribution in [2.45, 2.75) is 39.5 Å². The molecule has 0 aliphatic rings. The zero-order valence-corrected chi connectivity index (χ0v) is 12.4. The third kappa shape index (κ3) is 4.41. The number of halogens is 1. The van der Waals surface area contributed by atoms with Crippen LogP contribution in [-0.4, -0.2) is 13.2 Å². The lowest BCUT2D eigenvalue weighted by Crippen LogP contribution is -2.12. The average Bonchev–Trinajstić information content (AvgIpc) is 2.41. The Labute approximate surface area is 116 Å². The van der Waals surface area contributed by atoms with Gasteiger partial charge in [0.15, 0.2) is 0 Å². The number of hydrogen-bond acceptors (Lipinski definition) is 2. The summed E-state index contributed by atoms with van der Waals surface area (Å²) in [5.74, 6) is 2.10. The summed E-state index contributed by atoms with van der Waals surface area (Å²) in [5.41, 5.74) is 2.18. The standard InChI is InChI=1S/C15H24ClNO/c1-4-12(5-2)11-17-14-7-8-15(18-6-3)13(9-14)10-16/h7-9,12,17H,4-6,10-11H2,1-3H3. The molecule has 0 amide bonds. The van der Waals surface area contributed by atoms with Crippen LogP contribution < -0.4 is 10.1 Å². The highest BCUT2D eigenvalue weighted by atomic mass is 35.5. The van der Waals surface area contributed by atoms with Crippen molar-refractivity contribution in [2.75, 3.05) is 18.5 Å². The van der Waals surface area contributed by atoms with E-state index in [-0.39, 0.29) is 0 Å². The molecule has 1 aromatic carbocycles. The van der Waals surface area contributed by atoms with Crippen LogP contribution in [0.25, 0.3) is 0 Å². The van der Waals surface area contributed by atoms with Crippen molar-refractivity contribution in [3.8, 4) is 5.75 Å². The molecule has 2 nitrogen and oxygen atoms in total. The van der Waals surface area contributed by atoms with Crippen LogP contribution in [0.5, 0.6) is 5.75 Å². The van der Waals surface area contributed by atoms with E-state index in [2.05, 4.69) is 31.3 Å². The van der Waals surface area contributed by atoms with Crippen molar-refractivity contribution in [1.29, 1.82) is 0 Å². The highest BCUT2D eigenvalue weighted by Crippen LogP contribution is 2.25. The first-order chi connectivity index (χ1) is 8.74. The topological polar surface area (TPSA) is 21.3 Å². The van der Waals surface area contributed by atoms with E-state index in [4.69, 9.17) is 16.3 Å². The van der Waals surface area contributed by atoms with Gasteiger partial charge in [-0.05, 0) is 31.0 Å². The fourth-order valence-electron chi connectivity index (χ4n) is 1.93. The van der Waals surface area contributed by atoms with Gasteiger partial charge in [0.05, 0.1) is 12.5 Å². The highest BCUT2D eigenvalue weighted by molar-refractivity contribution is 6.17. The Hall–Kier alpha value is -0.890. The van der Waals surface area contributed by atoms with Crippen molar-refractivity contribution in [3.05, 3.63) is 23.8 Å². The molecule has 0 spiro atoms. The number of rotatable bonds is 8. The maximum absolute atomic E-state index is 5.95. The van der Waals surface area contributed by atoms with Crippen molar-refractivity contribution in [1.82, 2.24) is 0 Å². The smallest absolute Gasteiger partial charge is 0.123 e. The minimum Gasteiger partial charge on any atom is -0.494 e.